The van der Waals surface area contributed by atoms with Crippen LogP contribution >= 0.6 is 0 Å². The summed E-state index contributed by atoms with van der Waals surface area (Å²) >= 11 is 0. The van der Waals surface area contributed by atoms with Crippen molar-refractivity contribution in [3.8, 4) is 0 Å². The Balaban J connectivity index is 1.93. The molecule has 0 aromatic rings. The largest absolute Gasteiger partial charge is 0.393 e. The molecule has 8 heteroatoms. The van der Waals surface area contributed by atoms with Crippen LogP contribution < -0.4 is 10.6 Å². The maximum absolute atomic E-state index is 12.5. The Morgan fingerprint density at radius 3 is 2.60 bits per heavy atom. The van der Waals surface area contributed by atoms with E-state index in [-0.39, 0.29) is 31.2 Å². The Hall–Kier alpha value is -1.31. The van der Waals surface area contributed by atoms with Gasteiger partial charge in [0.2, 0.25) is 11.8 Å². The number of nitrogens with zero attached hydrogens (tertiary/aromatic N) is 1. The summed E-state index contributed by atoms with van der Waals surface area (Å²) in [5.74, 6) is -1.91. The summed E-state index contributed by atoms with van der Waals surface area (Å²) in [4.78, 5) is 25.2. The highest BCUT2D eigenvalue weighted by Gasteiger charge is 2.43. The summed E-state index contributed by atoms with van der Waals surface area (Å²) in [6, 6.07) is -1.19. The molecule has 114 valence electrons. The molecule has 2 heterocycles. The first-order chi connectivity index (χ1) is 9.30. The van der Waals surface area contributed by atoms with Crippen LogP contribution in [0.2, 0.25) is 0 Å². The number of piperidine rings is 1. The van der Waals surface area contributed by atoms with Gasteiger partial charge in [0.15, 0.2) is 0 Å². The minimum Gasteiger partial charge on any atom is -0.353 e. The normalized spacial score (nSPS) is 31.9. The number of amides is 2. The number of hydrogen-bond acceptors (Lipinski definition) is 3. The molecule has 2 N–H and O–H groups in total. The van der Waals surface area contributed by atoms with Gasteiger partial charge in [-0.3, -0.25) is 9.59 Å². The van der Waals surface area contributed by atoms with E-state index in [2.05, 4.69) is 10.6 Å². The molecule has 0 aliphatic carbocycles. The van der Waals surface area contributed by atoms with Gasteiger partial charge in [-0.2, -0.15) is 13.2 Å². The van der Waals surface area contributed by atoms with E-state index in [1.165, 1.54) is 4.90 Å². The average molecular weight is 293 g/mol. The lowest BCUT2D eigenvalue weighted by atomic mass is 9.93. The summed E-state index contributed by atoms with van der Waals surface area (Å²) in [5, 5.41) is 5.31. The van der Waals surface area contributed by atoms with Crippen molar-refractivity contribution in [2.24, 2.45) is 5.92 Å². The molecule has 2 aliphatic heterocycles. The zero-order valence-electron chi connectivity index (χ0n) is 11.2. The highest BCUT2D eigenvalue weighted by Crippen LogP contribution is 2.32. The molecule has 20 heavy (non-hydrogen) atoms. The number of alkyl halides is 3. The third kappa shape index (κ3) is 3.05. The molecule has 3 unspecified atom stereocenters. The molecule has 2 saturated heterocycles. The molecule has 2 fully saturated rings. The van der Waals surface area contributed by atoms with Crippen LogP contribution in [-0.2, 0) is 9.59 Å². The van der Waals surface area contributed by atoms with Crippen molar-refractivity contribution in [2.45, 2.75) is 38.0 Å². The molecule has 2 amide bonds. The molecule has 0 aromatic heterocycles. The minimum absolute atomic E-state index is 0.0542. The Morgan fingerprint density at radius 2 is 2.05 bits per heavy atom. The first-order valence-electron chi connectivity index (χ1n) is 6.69. The Morgan fingerprint density at radius 1 is 1.35 bits per heavy atom. The fraction of sp³-hybridized carbons (Fsp3) is 0.833. The topological polar surface area (TPSA) is 61.4 Å². The Kier molecular flexibility index (Phi) is 4.22. The fourth-order valence-corrected chi connectivity index (χ4v) is 2.63. The quantitative estimate of drug-likeness (QED) is 0.729. The van der Waals surface area contributed by atoms with Gasteiger partial charge < -0.3 is 15.5 Å². The van der Waals surface area contributed by atoms with Crippen LogP contribution in [0.25, 0.3) is 0 Å². The standard InChI is InChI=1S/C12H18F3N3O2/c1-7-10(19)16-4-5-18(7)11(20)9-3-2-8(6-17-9)12(13,14)15/h7-9,17H,2-6H2,1H3,(H,16,19). The fourth-order valence-electron chi connectivity index (χ4n) is 2.63. The number of nitrogens with one attached hydrogen (secondary N) is 2. The molecule has 2 rings (SSSR count). The average Bonchev–Trinajstić information content (AvgIpc) is 2.40. The van der Waals surface area contributed by atoms with Crippen molar-refractivity contribution in [3.63, 3.8) is 0 Å². The van der Waals surface area contributed by atoms with E-state index in [1.54, 1.807) is 6.92 Å². The lowest BCUT2D eigenvalue weighted by molar-refractivity contribution is -0.181. The van der Waals surface area contributed by atoms with E-state index < -0.39 is 24.2 Å². The van der Waals surface area contributed by atoms with Gasteiger partial charge in [0, 0.05) is 19.6 Å². The molecule has 0 saturated carbocycles. The maximum atomic E-state index is 12.5. The second kappa shape index (κ2) is 5.59. The minimum atomic E-state index is -4.22. The van der Waals surface area contributed by atoms with Crippen LogP contribution in [0.15, 0.2) is 0 Å². The van der Waals surface area contributed by atoms with E-state index in [0.717, 1.165) is 0 Å². The zero-order chi connectivity index (χ0) is 14.9. The van der Waals surface area contributed by atoms with Gasteiger partial charge in [-0.15, -0.1) is 0 Å². The molecule has 3 atom stereocenters. The SMILES string of the molecule is CC1C(=O)NCCN1C(=O)C1CCC(C(F)(F)F)CN1. The van der Waals surface area contributed by atoms with E-state index in [1.807, 2.05) is 0 Å². The van der Waals surface area contributed by atoms with Crippen molar-refractivity contribution in [2.75, 3.05) is 19.6 Å². The van der Waals surface area contributed by atoms with Gasteiger partial charge in [0.1, 0.15) is 6.04 Å². The molecule has 5 nitrogen and oxygen atoms in total. The molecule has 0 radical (unpaired) electrons. The summed E-state index contributed by atoms with van der Waals surface area (Å²) in [6.45, 7) is 2.15. The number of piperazine rings is 1. The second-order valence-electron chi connectivity index (χ2n) is 5.28. The lowest BCUT2D eigenvalue weighted by Gasteiger charge is -2.38. The highest BCUT2D eigenvalue weighted by molar-refractivity contribution is 5.90. The number of carbonyl (C=O) groups is 2. The van der Waals surface area contributed by atoms with Gasteiger partial charge in [0.25, 0.3) is 0 Å². The van der Waals surface area contributed by atoms with Crippen molar-refractivity contribution in [1.82, 2.24) is 15.5 Å². The third-order valence-electron chi connectivity index (χ3n) is 3.96. The summed E-state index contributed by atoms with van der Waals surface area (Å²) in [6.07, 6.45) is -4.13. The molecule has 0 spiro atoms. The van der Waals surface area contributed by atoms with E-state index >= 15 is 0 Å². The van der Waals surface area contributed by atoms with Crippen molar-refractivity contribution in [1.29, 1.82) is 0 Å². The number of rotatable bonds is 1. The first-order valence-corrected chi connectivity index (χ1v) is 6.69. The van der Waals surface area contributed by atoms with Gasteiger partial charge in [-0.1, -0.05) is 0 Å². The van der Waals surface area contributed by atoms with Crippen LogP contribution in [0.1, 0.15) is 19.8 Å². The van der Waals surface area contributed by atoms with Crippen LogP contribution in [-0.4, -0.2) is 54.6 Å². The summed E-state index contributed by atoms with van der Waals surface area (Å²) in [5.41, 5.74) is 0. The maximum Gasteiger partial charge on any atom is 0.393 e. The predicted octanol–water partition coefficient (Wildman–Crippen LogP) is 0.264. The van der Waals surface area contributed by atoms with Crippen LogP contribution in [0.5, 0.6) is 0 Å². The van der Waals surface area contributed by atoms with Crippen LogP contribution in [0.3, 0.4) is 0 Å². The smallest absolute Gasteiger partial charge is 0.353 e. The number of halogens is 3. The van der Waals surface area contributed by atoms with Crippen molar-refractivity contribution >= 4 is 11.8 Å². The molecular weight excluding hydrogens is 275 g/mol. The highest BCUT2D eigenvalue weighted by atomic mass is 19.4. The van der Waals surface area contributed by atoms with Gasteiger partial charge in [0.05, 0.1) is 12.0 Å². The monoisotopic (exact) mass is 293 g/mol. The van der Waals surface area contributed by atoms with Crippen molar-refractivity contribution < 1.29 is 22.8 Å². The van der Waals surface area contributed by atoms with E-state index in [4.69, 9.17) is 0 Å². The van der Waals surface area contributed by atoms with Crippen molar-refractivity contribution in [3.05, 3.63) is 0 Å². The molecule has 0 bridgehead atoms. The van der Waals surface area contributed by atoms with Crippen LogP contribution in [0.4, 0.5) is 13.2 Å². The van der Waals surface area contributed by atoms with Crippen LogP contribution in [0, 0.1) is 5.92 Å². The summed E-state index contributed by atoms with van der Waals surface area (Å²) in [7, 11) is 0. The Bertz CT molecular complexity index is 392. The zero-order valence-corrected chi connectivity index (χ0v) is 11.2. The van der Waals surface area contributed by atoms with Gasteiger partial charge in [-0.05, 0) is 19.8 Å². The van der Waals surface area contributed by atoms with Gasteiger partial charge >= 0.3 is 6.18 Å². The third-order valence-corrected chi connectivity index (χ3v) is 3.96. The molecular formula is C12H18F3N3O2. The van der Waals surface area contributed by atoms with Gasteiger partial charge in [-0.25, -0.2) is 0 Å². The molecule has 2 aliphatic rings. The van der Waals surface area contributed by atoms with E-state index in [9.17, 15) is 22.8 Å². The molecule has 0 aromatic carbocycles. The summed E-state index contributed by atoms with van der Waals surface area (Å²) < 4.78 is 37.6. The Labute approximate surface area is 114 Å². The number of carbonyl (C=O) groups excluding carboxylic acids is 2. The predicted molar refractivity (Wildman–Crippen MR) is 64.8 cm³/mol. The van der Waals surface area contributed by atoms with E-state index in [0.29, 0.717) is 13.1 Å². The first kappa shape index (κ1) is 15.1. The second-order valence-corrected chi connectivity index (χ2v) is 5.28. The lowest BCUT2D eigenvalue weighted by Crippen LogP contribution is -2.61. The number of hydrogen-bond donors (Lipinski definition) is 2.